The van der Waals surface area contributed by atoms with E-state index in [4.69, 9.17) is 4.74 Å². The average molecular weight is 479 g/mol. The second-order valence-corrected chi connectivity index (χ2v) is 10.8. The molecule has 0 amide bonds. The van der Waals surface area contributed by atoms with Gasteiger partial charge in [0.25, 0.3) is 0 Å². The molecule has 2 aliphatic rings. The quantitative estimate of drug-likeness (QED) is 0.322. The van der Waals surface area contributed by atoms with Crippen LogP contribution in [0.4, 0.5) is 0 Å². The molecular formula is C25H35BrO4. The zero-order valence-electron chi connectivity index (χ0n) is 18.6. The molecule has 0 fully saturated rings. The van der Waals surface area contributed by atoms with Crippen molar-refractivity contribution in [3.8, 4) is 11.5 Å². The molecule has 166 valence electrons. The first-order chi connectivity index (χ1) is 14.1. The van der Waals surface area contributed by atoms with Crippen LogP contribution < -0.4 is 4.74 Å². The van der Waals surface area contributed by atoms with E-state index in [2.05, 4.69) is 49.7 Å². The Balaban J connectivity index is 1.89. The monoisotopic (exact) mass is 478 g/mol. The van der Waals surface area contributed by atoms with Gasteiger partial charge in [0.2, 0.25) is 0 Å². The first-order valence-corrected chi connectivity index (χ1v) is 12.2. The molecule has 0 bridgehead atoms. The summed E-state index contributed by atoms with van der Waals surface area (Å²) < 4.78 is 6.42. The van der Waals surface area contributed by atoms with Gasteiger partial charge in [0.15, 0.2) is 0 Å². The number of hydrogen-bond donors (Lipinski definition) is 2. The Morgan fingerprint density at radius 3 is 2.60 bits per heavy atom. The molecule has 30 heavy (non-hydrogen) atoms. The number of halogens is 1. The van der Waals surface area contributed by atoms with Crippen molar-refractivity contribution >= 4 is 21.9 Å². The molecule has 0 saturated carbocycles. The summed E-state index contributed by atoms with van der Waals surface area (Å²) in [7, 11) is 0. The van der Waals surface area contributed by atoms with E-state index in [0.717, 1.165) is 35.0 Å². The minimum Gasteiger partial charge on any atom is -0.508 e. The summed E-state index contributed by atoms with van der Waals surface area (Å²) >= 11 is 3.49. The zero-order chi connectivity index (χ0) is 22.1. The van der Waals surface area contributed by atoms with Crippen LogP contribution in [0.5, 0.6) is 11.5 Å². The van der Waals surface area contributed by atoms with Gasteiger partial charge in [-0.1, -0.05) is 55.1 Å². The van der Waals surface area contributed by atoms with E-state index in [-0.39, 0.29) is 23.0 Å². The maximum Gasteiger partial charge on any atom is 0.331 e. The second kappa shape index (κ2) is 8.94. The number of aliphatic carboxylic acids is 1. The zero-order valence-corrected chi connectivity index (χ0v) is 20.2. The third-order valence-corrected chi connectivity index (χ3v) is 7.60. The van der Waals surface area contributed by atoms with Crippen LogP contribution in [0.25, 0.3) is 0 Å². The number of carbonyl (C=O) groups is 1. The van der Waals surface area contributed by atoms with Gasteiger partial charge in [-0.25, -0.2) is 4.79 Å². The number of fused-ring (bicyclic) bond motifs is 3. The highest BCUT2D eigenvalue weighted by molar-refractivity contribution is 9.09. The third kappa shape index (κ3) is 4.71. The SMILES string of the molecule is CC(C)(CCCCCCBr)c1cc(O)c2c(c1)OC(C)(C)C1CC=C(C(=O)O)C[C@H]21. The maximum absolute atomic E-state index is 11.6. The minimum absolute atomic E-state index is 0.0405. The number of benzene rings is 1. The first kappa shape index (κ1) is 23.2. The topological polar surface area (TPSA) is 66.8 Å². The molecule has 1 aromatic carbocycles. The van der Waals surface area contributed by atoms with Crippen LogP contribution >= 0.6 is 15.9 Å². The molecule has 0 spiro atoms. The van der Waals surface area contributed by atoms with E-state index in [1.54, 1.807) is 0 Å². The lowest BCUT2D eigenvalue weighted by molar-refractivity contribution is -0.133. The summed E-state index contributed by atoms with van der Waals surface area (Å²) in [5.74, 6) is 0.201. The highest BCUT2D eigenvalue weighted by atomic mass is 79.9. The molecule has 3 rings (SSSR count). The van der Waals surface area contributed by atoms with Crippen LogP contribution in [-0.2, 0) is 10.2 Å². The van der Waals surface area contributed by atoms with Gasteiger partial charge in [-0.2, -0.15) is 0 Å². The van der Waals surface area contributed by atoms with Crippen molar-refractivity contribution in [3.05, 3.63) is 34.9 Å². The van der Waals surface area contributed by atoms with E-state index in [0.29, 0.717) is 18.4 Å². The van der Waals surface area contributed by atoms with Crippen molar-refractivity contribution in [1.29, 1.82) is 0 Å². The smallest absolute Gasteiger partial charge is 0.331 e. The fraction of sp³-hybridized carbons (Fsp3) is 0.640. The number of hydrogen-bond acceptors (Lipinski definition) is 3. The van der Waals surface area contributed by atoms with Gasteiger partial charge >= 0.3 is 5.97 Å². The Hall–Kier alpha value is -1.49. The van der Waals surface area contributed by atoms with Crippen molar-refractivity contribution in [2.45, 2.75) is 89.6 Å². The summed E-state index contributed by atoms with van der Waals surface area (Å²) in [4.78, 5) is 11.6. The van der Waals surface area contributed by atoms with Crippen LogP contribution in [0.15, 0.2) is 23.8 Å². The van der Waals surface area contributed by atoms with E-state index in [1.807, 2.05) is 12.1 Å². The van der Waals surface area contributed by atoms with Crippen LogP contribution in [0.3, 0.4) is 0 Å². The molecule has 4 nitrogen and oxygen atoms in total. The Kier molecular flexibility index (Phi) is 6.91. The fourth-order valence-corrected chi connectivity index (χ4v) is 5.52. The summed E-state index contributed by atoms with van der Waals surface area (Å²) in [5.41, 5.74) is 1.82. The maximum atomic E-state index is 11.6. The molecule has 0 aromatic heterocycles. The molecule has 2 atom stereocenters. The summed E-state index contributed by atoms with van der Waals surface area (Å²) in [6, 6.07) is 3.97. The van der Waals surface area contributed by atoms with E-state index in [1.165, 1.54) is 19.3 Å². The van der Waals surface area contributed by atoms with Crippen LogP contribution in [-0.4, -0.2) is 27.1 Å². The highest BCUT2D eigenvalue weighted by Crippen LogP contribution is 2.55. The van der Waals surface area contributed by atoms with Gasteiger partial charge < -0.3 is 14.9 Å². The fourth-order valence-electron chi connectivity index (χ4n) is 5.12. The summed E-state index contributed by atoms with van der Waals surface area (Å²) in [6.45, 7) is 8.60. The van der Waals surface area contributed by atoms with E-state index >= 15 is 0 Å². The van der Waals surface area contributed by atoms with Gasteiger partial charge in [0, 0.05) is 28.3 Å². The first-order valence-electron chi connectivity index (χ1n) is 11.1. The number of rotatable bonds is 8. The minimum atomic E-state index is -0.864. The Labute approximate surface area is 188 Å². The average Bonchev–Trinajstić information content (AvgIpc) is 2.66. The second-order valence-electron chi connectivity index (χ2n) is 10.0. The molecule has 2 N–H and O–H groups in total. The number of phenols is 1. The standard InChI is InChI=1S/C25H35BrO4/c1-24(2,11-7-5-6-8-12-26)17-14-20(27)22-18-13-16(23(28)29)9-10-19(18)25(3,4)30-21(22)15-17/h9,14-15,18-19,27H,5-8,10-13H2,1-4H3,(H,28,29)/t18-,19?/m0/s1. The summed E-state index contributed by atoms with van der Waals surface area (Å²) in [6.07, 6.45) is 8.77. The van der Waals surface area contributed by atoms with Crippen LogP contribution in [0, 0.1) is 5.92 Å². The molecule has 0 radical (unpaired) electrons. The van der Waals surface area contributed by atoms with Crippen molar-refractivity contribution in [2.75, 3.05) is 5.33 Å². The van der Waals surface area contributed by atoms with Crippen molar-refractivity contribution in [2.24, 2.45) is 5.92 Å². The van der Waals surface area contributed by atoms with Crippen LogP contribution in [0.1, 0.15) is 89.7 Å². The van der Waals surface area contributed by atoms with E-state index < -0.39 is 11.6 Å². The molecule has 1 aromatic rings. The molecule has 1 unspecified atom stereocenters. The molecule has 1 heterocycles. The number of aromatic hydroxyl groups is 1. The molecular weight excluding hydrogens is 444 g/mol. The van der Waals surface area contributed by atoms with Gasteiger partial charge in [-0.05, 0) is 62.6 Å². The van der Waals surface area contributed by atoms with Gasteiger partial charge in [-0.3, -0.25) is 0 Å². The van der Waals surface area contributed by atoms with Crippen LogP contribution in [0.2, 0.25) is 0 Å². The van der Waals surface area contributed by atoms with E-state index in [9.17, 15) is 15.0 Å². The Bertz CT molecular complexity index is 825. The number of allylic oxidation sites excluding steroid dienone is 1. The lowest BCUT2D eigenvalue weighted by atomic mass is 9.66. The van der Waals surface area contributed by atoms with Gasteiger partial charge in [0.05, 0.1) is 0 Å². The number of unbranched alkanes of at least 4 members (excludes halogenated alkanes) is 3. The largest absolute Gasteiger partial charge is 0.508 e. The van der Waals surface area contributed by atoms with Gasteiger partial charge in [0.1, 0.15) is 17.1 Å². The lowest BCUT2D eigenvalue weighted by Crippen LogP contribution is -2.46. The molecule has 1 aliphatic heterocycles. The number of carboxylic acid groups (broad SMARTS) is 1. The Morgan fingerprint density at radius 2 is 1.93 bits per heavy atom. The molecule has 0 saturated heterocycles. The number of carboxylic acids is 1. The normalized spacial score (nSPS) is 22.5. The predicted molar refractivity (Wildman–Crippen MR) is 124 cm³/mol. The number of ether oxygens (including phenoxy) is 1. The highest BCUT2D eigenvalue weighted by Gasteiger charge is 2.47. The molecule has 1 aliphatic carbocycles. The molecule has 5 heteroatoms. The number of phenolic OH excluding ortho intramolecular Hbond substituents is 1. The van der Waals surface area contributed by atoms with Gasteiger partial charge in [-0.15, -0.1) is 0 Å². The Morgan fingerprint density at radius 1 is 1.23 bits per heavy atom. The lowest BCUT2D eigenvalue weighted by Gasteiger charge is -2.47. The van der Waals surface area contributed by atoms with Crippen molar-refractivity contribution in [3.63, 3.8) is 0 Å². The van der Waals surface area contributed by atoms with Crippen molar-refractivity contribution in [1.82, 2.24) is 0 Å². The predicted octanol–water partition coefficient (Wildman–Crippen LogP) is 6.69. The van der Waals surface area contributed by atoms with Crippen molar-refractivity contribution < 1.29 is 19.7 Å². The third-order valence-electron chi connectivity index (χ3n) is 7.04. The number of alkyl halides is 1. The summed E-state index contributed by atoms with van der Waals surface area (Å²) in [5, 5.41) is 21.6.